The Morgan fingerprint density at radius 1 is 1.31 bits per heavy atom. The molecule has 1 N–H and O–H groups in total. The number of nitriles is 2. The first-order chi connectivity index (χ1) is 6.12. The predicted molar refractivity (Wildman–Crippen MR) is 47.3 cm³/mol. The van der Waals surface area contributed by atoms with Gasteiger partial charge in [-0.05, 0) is 32.1 Å². The summed E-state index contributed by atoms with van der Waals surface area (Å²) < 4.78 is 0. The Morgan fingerprint density at radius 3 is 2.38 bits per heavy atom. The molecule has 0 aromatic rings. The summed E-state index contributed by atoms with van der Waals surface area (Å²) in [6.45, 7) is 1.66. The van der Waals surface area contributed by atoms with Gasteiger partial charge in [0.15, 0.2) is 0 Å². The van der Waals surface area contributed by atoms with Crippen LogP contribution in [0.3, 0.4) is 0 Å². The van der Waals surface area contributed by atoms with E-state index in [-0.39, 0.29) is 12.0 Å². The zero-order valence-corrected chi connectivity index (χ0v) is 7.82. The van der Waals surface area contributed by atoms with Crippen LogP contribution in [0.4, 0.5) is 0 Å². The summed E-state index contributed by atoms with van der Waals surface area (Å²) in [7, 11) is 0. The zero-order chi connectivity index (χ0) is 9.90. The Balaban J connectivity index is 2.72. The van der Waals surface area contributed by atoms with Gasteiger partial charge in [-0.3, -0.25) is 0 Å². The van der Waals surface area contributed by atoms with Gasteiger partial charge in [-0.15, -0.1) is 0 Å². The molecular formula is C10H14N2O. The topological polar surface area (TPSA) is 67.8 Å². The van der Waals surface area contributed by atoms with Crippen molar-refractivity contribution in [2.75, 3.05) is 0 Å². The molecule has 13 heavy (non-hydrogen) atoms. The molecular weight excluding hydrogens is 164 g/mol. The molecule has 1 saturated carbocycles. The summed E-state index contributed by atoms with van der Waals surface area (Å²) in [5.74, 6) is 0.0336. The van der Waals surface area contributed by atoms with Gasteiger partial charge in [0, 0.05) is 0 Å². The lowest BCUT2D eigenvalue weighted by molar-refractivity contribution is 0.0789. The number of hydrogen-bond donors (Lipinski definition) is 1. The van der Waals surface area contributed by atoms with Crippen LogP contribution in [0.2, 0.25) is 0 Å². The molecule has 3 heteroatoms. The van der Waals surface area contributed by atoms with E-state index in [1.165, 1.54) is 0 Å². The summed E-state index contributed by atoms with van der Waals surface area (Å²) in [6.07, 6.45) is 2.89. The van der Waals surface area contributed by atoms with E-state index in [2.05, 4.69) is 0 Å². The number of aliphatic hydroxyl groups is 1. The lowest BCUT2D eigenvalue weighted by Crippen LogP contribution is -2.31. The predicted octanol–water partition coefficient (Wildman–Crippen LogP) is 1.59. The van der Waals surface area contributed by atoms with Crippen LogP contribution in [0.25, 0.3) is 0 Å². The van der Waals surface area contributed by atoms with Crippen molar-refractivity contribution in [2.45, 2.75) is 38.7 Å². The van der Waals surface area contributed by atoms with Crippen molar-refractivity contribution < 1.29 is 5.11 Å². The fraction of sp³-hybridized carbons (Fsp3) is 0.800. The Morgan fingerprint density at radius 2 is 1.92 bits per heavy atom. The molecule has 0 radical (unpaired) electrons. The van der Waals surface area contributed by atoms with Gasteiger partial charge >= 0.3 is 0 Å². The molecule has 3 nitrogen and oxygen atoms in total. The first-order valence-corrected chi connectivity index (χ1v) is 4.63. The van der Waals surface area contributed by atoms with Gasteiger partial charge in [0.1, 0.15) is 5.41 Å². The molecule has 0 heterocycles. The van der Waals surface area contributed by atoms with Gasteiger partial charge in [-0.1, -0.05) is 6.42 Å². The molecule has 0 bridgehead atoms. The fourth-order valence-electron chi connectivity index (χ4n) is 1.90. The molecule has 1 rings (SSSR count). The van der Waals surface area contributed by atoms with Gasteiger partial charge in [0.2, 0.25) is 0 Å². The van der Waals surface area contributed by atoms with E-state index >= 15 is 0 Å². The Labute approximate surface area is 78.6 Å². The normalized spacial score (nSPS) is 28.9. The van der Waals surface area contributed by atoms with Gasteiger partial charge < -0.3 is 5.11 Å². The first-order valence-electron chi connectivity index (χ1n) is 4.63. The molecule has 0 aromatic heterocycles. The maximum absolute atomic E-state index is 9.42. The van der Waals surface area contributed by atoms with Gasteiger partial charge in [0.25, 0.3) is 0 Å². The van der Waals surface area contributed by atoms with Crippen molar-refractivity contribution >= 4 is 0 Å². The van der Waals surface area contributed by atoms with Crippen LogP contribution in [0.15, 0.2) is 0 Å². The molecule has 2 atom stereocenters. The Kier molecular flexibility index (Phi) is 2.90. The third-order valence-corrected chi connectivity index (χ3v) is 2.93. The second-order valence-corrected chi connectivity index (χ2v) is 3.94. The third kappa shape index (κ3) is 1.99. The standard InChI is InChI=1S/C10H14N2O/c1-10(6-11,7-12)8-3-2-4-9(13)5-8/h8-9,13H,2-5H2,1H3. The minimum Gasteiger partial charge on any atom is -0.393 e. The van der Waals surface area contributed by atoms with Gasteiger partial charge in [-0.25, -0.2) is 0 Å². The van der Waals surface area contributed by atoms with Crippen molar-refractivity contribution in [3.05, 3.63) is 0 Å². The van der Waals surface area contributed by atoms with E-state index in [0.29, 0.717) is 6.42 Å². The molecule has 0 aliphatic heterocycles. The van der Waals surface area contributed by atoms with Gasteiger partial charge in [0.05, 0.1) is 18.2 Å². The lowest BCUT2D eigenvalue weighted by atomic mass is 9.71. The monoisotopic (exact) mass is 178 g/mol. The minimum absolute atomic E-state index is 0.0336. The quantitative estimate of drug-likeness (QED) is 0.663. The maximum atomic E-state index is 9.42. The van der Waals surface area contributed by atoms with Crippen LogP contribution < -0.4 is 0 Å². The summed E-state index contributed by atoms with van der Waals surface area (Å²) in [5, 5.41) is 27.2. The van der Waals surface area contributed by atoms with Crippen LogP contribution >= 0.6 is 0 Å². The lowest BCUT2D eigenvalue weighted by Gasteiger charge is -2.31. The summed E-state index contributed by atoms with van der Waals surface area (Å²) >= 11 is 0. The van der Waals surface area contributed by atoms with E-state index < -0.39 is 5.41 Å². The van der Waals surface area contributed by atoms with Crippen molar-refractivity contribution in [1.29, 1.82) is 10.5 Å². The average Bonchev–Trinajstić information content (AvgIpc) is 2.17. The fourth-order valence-corrected chi connectivity index (χ4v) is 1.90. The van der Waals surface area contributed by atoms with E-state index in [4.69, 9.17) is 10.5 Å². The Bertz CT molecular complexity index is 247. The molecule has 2 unspecified atom stereocenters. The van der Waals surface area contributed by atoms with E-state index in [0.717, 1.165) is 19.3 Å². The van der Waals surface area contributed by atoms with Crippen LogP contribution in [0, 0.1) is 34.0 Å². The van der Waals surface area contributed by atoms with E-state index in [9.17, 15) is 5.11 Å². The Hall–Kier alpha value is -1.06. The highest BCUT2D eigenvalue weighted by Gasteiger charge is 2.37. The number of rotatable bonds is 1. The van der Waals surface area contributed by atoms with Crippen molar-refractivity contribution in [2.24, 2.45) is 11.3 Å². The molecule has 0 spiro atoms. The largest absolute Gasteiger partial charge is 0.393 e. The van der Waals surface area contributed by atoms with E-state index in [1.807, 2.05) is 12.1 Å². The van der Waals surface area contributed by atoms with Crippen LogP contribution in [0.5, 0.6) is 0 Å². The average molecular weight is 178 g/mol. The first kappa shape index (κ1) is 10.0. The summed E-state index contributed by atoms with van der Waals surface area (Å²) in [6, 6.07) is 4.09. The van der Waals surface area contributed by atoms with Gasteiger partial charge in [-0.2, -0.15) is 10.5 Å². The molecule has 1 fully saturated rings. The summed E-state index contributed by atoms with van der Waals surface area (Å²) in [5.41, 5.74) is -0.915. The number of aliphatic hydroxyl groups excluding tert-OH is 1. The second kappa shape index (κ2) is 3.77. The smallest absolute Gasteiger partial charge is 0.143 e. The SMILES string of the molecule is CC(C#N)(C#N)C1CCCC(O)C1. The third-order valence-electron chi connectivity index (χ3n) is 2.93. The number of nitrogens with zero attached hydrogens (tertiary/aromatic N) is 2. The highest BCUT2D eigenvalue weighted by molar-refractivity contribution is 5.14. The highest BCUT2D eigenvalue weighted by atomic mass is 16.3. The van der Waals surface area contributed by atoms with Crippen LogP contribution in [-0.4, -0.2) is 11.2 Å². The molecule has 0 saturated heterocycles. The molecule has 0 amide bonds. The minimum atomic E-state index is -0.915. The number of hydrogen-bond acceptors (Lipinski definition) is 3. The maximum Gasteiger partial charge on any atom is 0.143 e. The van der Waals surface area contributed by atoms with Crippen LogP contribution in [0.1, 0.15) is 32.6 Å². The molecule has 1 aliphatic rings. The van der Waals surface area contributed by atoms with Crippen molar-refractivity contribution in [3.8, 4) is 12.1 Å². The zero-order valence-electron chi connectivity index (χ0n) is 7.82. The van der Waals surface area contributed by atoms with Crippen LogP contribution in [-0.2, 0) is 0 Å². The molecule has 70 valence electrons. The highest BCUT2D eigenvalue weighted by Crippen LogP contribution is 2.37. The molecule has 1 aliphatic carbocycles. The van der Waals surface area contributed by atoms with Crippen molar-refractivity contribution in [1.82, 2.24) is 0 Å². The van der Waals surface area contributed by atoms with E-state index in [1.54, 1.807) is 6.92 Å². The molecule has 0 aromatic carbocycles. The van der Waals surface area contributed by atoms with Crippen molar-refractivity contribution in [3.63, 3.8) is 0 Å². The summed E-state index contributed by atoms with van der Waals surface area (Å²) in [4.78, 5) is 0. The second-order valence-electron chi connectivity index (χ2n) is 3.94.